The summed E-state index contributed by atoms with van der Waals surface area (Å²) < 4.78 is 13.8. The third kappa shape index (κ3) is 11.7. The largest absolute Gasteiger partial charge is 0.493 e. The molecule has 16 heavy (non-hydrogen) atoms. The minimum absolute atomic E-state index is 0. The fraction of sp³-hybridized carbons (Fsp3) is 0.333. The fourth-order valence-corrected chi connectivity index (χ4v) is 1.30. The molecule has 0 N–H and O–H groups in total. The predicted octanol–water partition coefficient (Wildman–Crippen LogP) is 0.0579. The molecule has 0 saturated carbocycles. The quantitative estimate of drug-likeness (QED) is 0.371. The van der Waals surface area contributed by atoms with Crippen LogP contribution >= 0.6 is 0 Å². The molecular weight excluding hydrogens is 638 g/mol. The van der Waals surface area contributed by atoms with Crippen LogP contribution in [0.2, 0.25) is 0 Å². The van der Waals surface area contributed by atoms with Gasteiger partial charge in [0.25, 0.3) is 0 Å². The topological polar surface area (TPSA) is 26.3 Å². The van der Waals surface area contributed by atoms with Crippen molar-refractivity contribution in [2.45, 2.75) is 12.8 Å². The van der Waals surface area contributed by atoms with E-state index in [1.807, 2.05) is 12.1 Å². The normalized spacial score (nSPS) is 9.94. The maximum absolute atomic E-state index is 8.34. The Morgan fingerprint density at radius 2 is 1.75 bits per heavy atom. The molecule has 1 heterocycles. The fourth-order valence-electron chi connectivity index (χ4n) is 1.30. The molecule has 77 valence electrons. The smallest absolute Gasteiger partial charge is 0.122 e. The number of hydrogen-bond donors (Lipinski definition) is 0. The maximum atomic E-state index is 8.34. The summed E-state index contributed by atoms with van der Waals surface area (Å²) in [6.45, 7) is 0.886. The number of hydrogen-bond acceptors (Lipinski definition) is 2. The van der Waals surface area contributed by atoms with Gasteiger partial charge in [-0.2, -0.15) is 0 Å². The second-order valence-corrected chi connectivity index (χ2v) is 2.56. The van der Waals surface area contributed by atoms with Crippen molar-refractivity contribution in [3.63, 3.8) is 0 Å². The van der Waals surface area contributed by atoms with E-state index in [4.69, 9.17) is 7.55 Å². The second kappa shape index (κ2) is 20.0. The minimum atomic E-state index is 0. The predicted molar refractivity (Wildman–Crippen MR) is 58.0 cm³/mol. The average molecular weight is 652 g/mol. The van der Waals surface area contributed by atoms with Gasteiger partial charge in [-0.3, -0.25) is 0 Å². The molecule has 0 spiro atoms. The standard InChI is InChI=1S/C9H10O.Ca.Ce.La.O.Sr.Zr.4H/c1-2-6-9-8(4-1)5-3-7-10-9;;;;;;;;;;/h1-2,4,6H,3,5,7H2;;;;;;;;;;. The summed E-state index contributed by atoms with van der Waals surface area (Å²) >= 11 is 0.300. The maximum Gasteiger partial charge on any atom is 0.122 e. The van der Waals surface area contributed by atoms with Crippen molar-refractivity contribution in [3.05, 3.63) is 29.8 Å². The van der Waals surface area contributed by atoms with Crippen LogP contribution in [0.5, 0.6) is 5.75 Å². The van der Waals surface area contributed by atoms with Gasteiger partial charge in [-0.25, -0.2) is 0 Å². The molecule has 0 aromatic heterocycles. The van der Waals surface area contributed by atoms with E-state index in [0.717, 1.165) is 18.8 Å². The molecule has 7 heteroatoms. The first kappa shape index (κ1) is 29.1. The molecule has 0 aliphatic carbocycles. The molecule has 0 saturated heterocycles. The Kier molecular flexibility index (Phi) is 36.4. The van der Waals surface area contributed by atoms with Gasteiger partial charge in [0.2, 0.25) is 0 Å². The number of aryl methyl sites for hydroxylation is 1. The van der Waals surface area contributed by atoms with Crippen molar-refractivity contribution in [2.24, 2.45) is 0 Å². The Balaban J connectivity index is -0.000000114. The summed E-state index contributed by atoms with van der Waals surface area (Å²) in [6.07, 6.45) is 2.34. The monoisotopic (exact) mass is 651 g/mol. The molecule has 0 amide bonds. The van der Waals surface area contributed by atoms with E-state index in [1.54, 1.807) is 0 Å². The van der Waals surface area contributed by atoms with Gasteiger partial charge in [0.05, 0.1) is 6.61 Å². The Morgan fingerprint density at radius 3 is 2.31 bits per heavy atom. The number of benzene rings is 1. The van der Waals surface area contributed by atoms with E-state index >= 15 is 0 Å². The molecule has 0 fully saturated rings. The van der Waals surface area contributed by atoms with Crippen molar-refractivity contribution >= 4 is 83.2 Å². The van der Waals surface area contributed by atoms with E-state index in [9.17, 15) is 0 Å². The molecule has 1 aromatic carbocycles. The first-order valence-electron chi connectivity index (χ1n) is 3.88. The van der Waals surface area contributed by atoms with Gasteiger partial charge in [0, 0.05) is 77.3 Å². The van der Waals surface area contributed by atoms with Crippen LogP contribution < -0.4 is 4.74 Å². The molecule has 1 aromatic rings. The third-order valence-corrected chi connectivity index (χ3v) is 1.82. The van der Waals surface area contributed by atoms with Gasteiger partial charge in [-0.05, 0) is 24.5 Å². The van der Waals surface area contributed by atoms with Gasteiger partial charge < -0.3 is 4.74 Å². The first-order chi connectivity index (χ1) is 5.97. The van der Waals surface area contributed by atoms with Crippen molar-refractivity contribution in [3.8, 4) is 5.75 Å². The number of para-hydroxylation sites is 1. The summed E-state index contributed by atoms with van der Waals surface area (Å²) in [4.78, 5) is 0. The van der Waals surface area contributed by atoms with Crippen LogP contribution in [0, 0.1) is 77.3 Å². The van der Waals surface area contributed by atoms with Gasteiger partial charge in [0.15, 0.2) is 0 Å². The Hall–Kier alpha value is 5.01. The van der Waals surface area contributed by atoms with Crippen molar-refractivity contribution in [1.82, 2.24) is 0 Å². The van der Waals surface area contributed by atoms with E-state index in [-0.39, 0.29) is 161 Å². The summed E-state index contributed by atoms with van der Waals surface area (Å²) in [5, 5.41) is 0. The van der Waals surface area contributed by atoms with Crippen LogP contribution in [0.25, 0.3) is 0 Å². The van der Waals surface area contributed by atoms with Crippen LogP contribution in [-0.2, 0) is 34.0 Å². The number of ether oxygens (including phenoxy) is 1. The second-order valence-electron chi connectivity index (χ2n) is 2.56. The average Bonchev–Trinajstić information content (AvgIpc) is 2.21. The summed E-state index contributed by atoms with van der Waals surface area (Å²) in [6, 6.07) is 8.25. The zero-order chi connectivity index (χ0) is 8.81. The zero-order valence-electron chi connectivity index (χ0n) is 7.82. The van der Waals surface area contributed by atoms with Gasteiger partial charge in [0.1, 0.15) is 5.75 Å². The first-order valence-corrected chi connectivity index (χ1v) is 4.88. The third-order valence-electron chi connectivity index (χ3n) is 1.82. The summed E-state index contributed by atoms with van der Waals surface area (Å²) in [7, 11) is 0. The van der Waals surface area contributed by atoms with Gasteiger partial charge in [-0.1, -0.05) is 18.2 Å². The zero-order valence-corrected chi connectivity index (χ0v) is 17.0. The van der Waals surface area contributed by atoms with Crippen LogP contribution in [0.3, 0.4) is 0 Å². The van der Waals surface area contributed by atoms with E-state index in [0.29, 0.717) is 24.7 Å². The molecular formula is C9H14CaCeLaO2SrZr. The molecule has 2 nitrogen and oxygen atoms in total. The Morgan fingerprint density at radius 1 is 1.19 bits per heavy atom. The summed E-state index contributed by atoms with van der Waals surface area (Å²) in [5.74, 6) is 1.08. The Bertz CT molecular complexity index is 246. The van der Waals surface area contributed by atoms with Crippen LogP contribution in [-0.4, -0.2) is 89.8 Å². The van der Waals surface area contributed by atoms with Crippen molar-refractivity contribution in [2.75, 3.05) is 6.61 Å². The van der Waals surface area contributed by atoms with Crippen molar-refractivity contribution < 1.29 is 110 Å². The van der Waals surface area contributed by atoms with Gasteiger partial charge in [-0.15, -0.1) is 0 Å². The van der Waals surface area contributed by atoms with Crippen LogP contribution in [0.1, 0.15) is 12.0 Å². The van der Waals surface area contributed by atoms with Crippen LogP contribution in [0.15, 0.2) is 24.3 Å². The van der Waals surface area contributed by atoms with Crippen molar-refractivity contribution in [1.29, 1.82) is 0 Å². The van der Waals surface area contributed by atoms with E-state index in [1.165, 1.54) is 12.0 Å². The molecule has 1 aliphatic rings. The molecule has 1 aliphatic heterocycles. The SMILES string of the molecule is [CaH2].[Ce].[La].[O]=[Zr].[SrH2].c1ccc2c(c1)CCCO2. The molecule has 1 radical (unpaired) electrons. The molecule has 0 atom stereocenters. The van der Waals surface area contributed by atoms with Gasteiger partial charge >= 0.3 is 111 Å². The minimum Gasteiger partial charge on any atom is -0.493 e. The van der Waals surface area contributed by atoms with E-state index < -0.39 is 0 Å². The molecule has 2 rings (SSSR count). The van der Waals surface area contributed by atoms with E-state index in [2.05, 4.69) is 12.1 Å². The number of rotatable bonds is 0. The molecule has 0 bridgehead atoms. The molecule has 0 unspecified atom stereocenters. The summed E-state index contributed by atoms with van der Waals surface area (Å²) in [5.41, 5.74) is 1.36. The Labute approximate surface area is 241 Å². The van der Waals surface area contributed by atoms with Crippen LogP contribution in [0.4, 0.5) is 0 Å². The number of fused-ring (bicyclic) bond motifs is 1.